The lowest BCUT2D eigenvalue weighted by Crippen LogP contribution is -2.17. The van der Waals surface area contributed by atoms with E-state index >= 15 is 0 Å². The quantitative estimate of drug-likeness (QED) is 0.161. The lowest BCUT2D eigenvalue weighted by Gasteiger charge is -2.12. The molecule has 20 heteroatoms. The fourth-order valence-electron chi connectivity index (χ4n) is 4.51. The lowest BCUT2D eigenvalue weighted by molar-refractivity contribution is -0.274. The van der Waals surface area contributed by atoms with Crippen LogP contribution in [0.1, 0.15) is 64.3 Å². The molecular weight excluding hydrogens is 733 g/mol. The standard InChI is InChI=1S/C15H11F5N4.C14H8F6N4O.2C2H6/c1-8-5-9(15(18,19)20)3-4-10(8)11-7-24-12(6-21-11)22-23-13(24)14(2,16)17;1-13(16,17)12-23-22-11-5-21-10(6-24(11)12)8-3-2-7(4-9(8)15)25-14(18,19)20;2*1-2/h3-7H,1-2H3;2-6H,1H3;2*1-2H3. The van der Waals surface area contributed by atoms with Gasteiger partial charge in [-0.2, -0.15) is 30.7 Å². The van der Waals surface area contributed by atoms with E-state index in [1.54, 1.807) is 0 Å². The van der Waals surface area contributed by atoms with Gasteiger partial charge in [0.05, 0.1) is 29.3 Å². The Kier molecular flexibility index (Phi) is 12.7. The number of fused-ring (bicyclic) bond motifs is 2. The molecule has 9 nitrogen and oxygen atoms in total. The molecule has 0 amide bonds. The average Bonchev–Trinajstić information content (AvgIpc) is 3.70. The topological polar surface area (TPSA) is 95.4 Å². The van der Waals surface area contributed by atoms with Crippen molar-refractivity contribution in [3.63, 3.8) is 0 Å². The summed E-state index contributed by atoms with van der Waals surface area (Å²) in [5.41, 5.74) is 0.0503. The summed E-state index contributed by atoms with van der Waals surface area (Å²) in [5, 5.41) is 13.9. The Labute approximate surface area is 294 Å². The second-order valence-electron chi connectivity index (χ2n) is 10.5. The second kappa shape index (κ2) is 16.1. The van der Waals surface area contributed by atoms with Crippen molar-refractivity contribution >= 4 is 11.3 Å². The van der Waals surface area contributed by atoms with Crippen molar-refractivity contribution < 1.29 is 53.0 Å². The zero-order chi connectivity index (χ0) is 40.1. The molecule has 0 N–H and O–H groups in total. The van der Waals surface area contributed by atoms with Gasteiger partial charge in [-0.15, -0.1) is 33.6 Å². The SMILES string of the molecule is CC.CC.CC(F)(F)c1nnc2cnc(-c3ccc(OC(F)(F)F)cc3F)cn12.Cc1cc(C(F)(F)F)ccc1-c1cn2c(C(C)(F)F)nnc2cn1. The Morgan fingerprint density at radius 3 is 1.45 bits per heavy atom. The van der Waals surface area contributed by atoms with Crippen LogP contribution in [0.3, 0.4) is 0 Å². The van der Waals surface area contributed by atoms with Crippen LogP contribution in [-0.4, -0.2) is 45.5 Å². The highest BCUT2D eigenvalue weighted by molar-refractivity contribution is 5.65. The first kappa shape index (κ1) is 42.0. The van der Waals surface area contributed by atoms with Crippen molar-refractivity contribution in [2.75, 3.05) is 0 Å². The molecule has 0 spiro atoms. The average molecular weight is 765 g/mol. The van der Waals surface area contributed by atoms with Crippen molar-refractivity contribution in [1.29, 1.82) is 0 Å². The Bertz CT molecular complexity index is 2150. The van der Waals surface area contributed by atoms with Crippen LogP contribution in [0.4, 0.5) is 48.3 Å². The molecule has 0 bridgehead atoms. The maximum Gasteiger partial charge on any atom is 0.573 e. The van der Waals surface area contributed by atoms with Crippen LogP contribution in [0.2, 0.25) is 0 Å². The van der Waals surface area contributed by atoms with E-state index < -0.39 is 53.2 Å². The van der Waals surface area contributed by atoms with E-state index in [4.69, 9.17) is 0 Å². The molecule has 0 aliphatic heterocycles. The van der Waals surface area contributed by atoms with Crippen LogP contribution in [0.25, 0.3) is 33.8 Å². The van der Waals surface area contributed by atoms with Gasteiger partial charge in [0, 0.05) is 43.4 Å². The third-order valence-corrected chi connectivity index (χ3v) is 6.65. The Morgan fingerprint density at radius 2 is 1.06 bits per heavy atom. The first-order valence-corrected chi connectivity index (χ1v) is 15.5. The van der Waals surface area contributed by atoms with Gasteiger partial charge in [0.2, 0.25) is 11.6 Å². The number of benzene rings is 2. The highest BCUT2D eigenvalue weighted by atomic mass is 19.4. The molecule has 0 saturated carbocycles. The molecule has 53 heavy (non-hydrogen) atoms. The van der Waals surface area contributed by atoms with Crippen LogP contribution < -0.4 is 4.74 Å². The summed E-state index contributed by atoms with van der Waals surface area (Å²) in [6, 6.07) is 5.59. The number of rotatable bonds is 5. The van der Waals surface area contributed by atoms with Crippen LogP contribution in [0.5, 0.6) is 5.75 Å². The minimum atomic E-state index is -4.96. The Morgan fingerprint density at radius 1 is 0.604 bits per heavy atom. The Hall–Kier alpha value is -5.43. The molecule has 4 heterocycles. The normalized spacial score (nSPS) is 12.0. The Balaban J connectivity index is 0.000000261. The van der Waals surface area contributed by atoms with E-state index in [0.29, 0.717) is 31.0 Å². The third-order valence-electron chi connectivity index (χ3n) is 6.65. The van der Waals surface area contributed by atoms with Crippen molar-refractivity contribution in [1.82, 2.24) is 39.2 Å². The first-order valence-electron chi connectivity index (χ1n) is 15.5. The minimum absolute atomic E-state index is 0.0118. The van der Waals surface area contributed by atoms with Gasteiger partial charge in [-0.1, -0.05) is 33.8 Å². The fourth-order valence-corrected chi connectivity index (χ4v) is 4.51. The van der Waals surface area contributed by atoms with E-state index in [0.717, 1.165) is 45.5 Å². The third kappa shape index (κ3) is 10.1. The van der Waals surface area contributed by atoms with E-state index in [2.05, 4.69) is 35.1 Å². The van der Waals surface area contributed by atoms with Gasteiger partial charge < -0.3 is 4.74 Å². The first-order chi connectivity index (χ1) is 24.6. The van der Waals surface area contributed by atoms with E-state index in [-0.39, 0.29) is 28.2 Å². The molecule has 0 saturated heterocycles. The van der Waals surface area contributed by atoms with Gasteiger partial charge in [0.1, 0.15) is 11.6 Å². The van der Waals surface area contributed by atoms with Gasteiger partial charge in [-0.3, -0.25) is 18.8 Å². The fraction of sp³-hybridized carbons (Fsp3) is 0.333. The number of ether oxygens (including phenoxy) is 1. The predicted octanol–water partition coefficient (Wildman–Crippen LogP) is 10.2. The van der Waals surface area contributed by atoms with Gasteiger partial charge in [-0.05, 0) is 36.8 Å². The smallest absolute Gasteiger partial charge is 0.406 e. The zero-order valence-corrected chi connectivity index (χ0v) is 28.9. The monoisotopic (exact) mass is 764 g/mol. The number of halogens is 11. The van der Waals surface area contributed by atoms with Crippen LogP contribution in [-0.2, 0) is 18.0 Å². The number of hydrogen-bond donors (Lipinski definition) is 0. The van der Waals surface area contributed by atoms with Crippen molar-refractivity contribution in [3.05, 3.63) is 89.8 Å². The highest BCUT2D eigenvalue weighted by Crippen LogP contribution is 2.34. The maximum atomic E-state index is 14.1. The van der Waals surface area contributed by atoms with E-state index in [9.17, 15) is 48.3 Å². The second-order valence-corrected chi connectivity index (χ2v) is 10.5. The number of hydrogen-bond acceptors (Lipinski definition) is 7. The van der Waals surface area contributed by atoms with E-state index in [1.807, 2.05) is 27.7 Å². The minimum Gasteiger partial charge on any atom is -0.406 e. The highest BCUT2D eigenvalue weighted by Gasteiger charge is 2.34. The van der Waals surface area contributed by atoms with Gasteiger partial charge in [-0.25, -0.2) is 4.39 Å². The molecule has 6 aromatic rings. The molecule has 286 valence electrons. The summed E-state index contributed by atoms with van der Waals surface area (Å²) < 4.78 is 148. The number of aryl methyl sites for hydroxylation is 1. The molecule has 2 aromatic carbocycles. The summed E-state index contributed by atoms with van der Waals surface area (Å²) in [5.74, 6) is -9.57. The number of aromatic nitrogens is 8. The van der Waals surface area contributed by atoms with Crippen molar-refractivity contribution in [2.24, 2.45) is 0 Å². The maximum absolute atomic E-state index is 14.1. The lowest BCUT2D eigenvalue weighted by atomic mass is 10.0. The van der Waals surface area contributed by atoms with Gasteiger partial charge in [0.25, 0.3) is 0 Å². The van der Waals surface area contributed by atoms with Crippen LogP contribution in [0.15, 0.2) is 61.2 Å². The predicted molar refractivity (Wildman–Crippen MR) is 171 cm³/mol. The summed E-state index contributed by atoms with van der Waals surface area (Å²) in [6.45, 7) is 10.8. The number of alkyl halides is 10. The molecule has 4 aromatic heterocycles. The molecule has 0 aliphatic carbocycles. The summed E-state index contributed by atoms with van der Waals surface area (Å²) in [4.78, 5) is 7.94. The zero-order valence-electron chi connectivity index (χ0n) is 28.9. The molecule has 6 rings (SSSR count). The van der Waals surface area contributed by atoms with Crippen molar-refractivity contribution in [2.45, 2.75) is 72.8 Å². The number of nitrogens with zero attached hydrogens (tertiary/aromatic N) is 8. The van der Waals surface area contributed by atoms with Crippen molar-refractivity contribution in [3.8, 4) is 28.3 Å². The summed E-state index contributed by atoms with van der Waals surface area (Å²) in [6.07, 6.45) is -4.71. The summed E-state index contributed by atoms with van der Waals surface area (Å²) in [7, 11) is 0. The van der Waals surface area contributed by atoms with Gasteiger partial charge in [0.15, 0.2) is 11.3 Å². The van der Waals surface area contributed by atoms with Crippen LogP contribution >= 0.6 is 0 Å². The van der Waals surface area contributed by atoms with E-state index in [1.165, 1.54) is 25.4 Å². The molecule has 0 unspecified atom stereocenters. The van der Waals surface area contributed by atoms with Crippen LogP contribution in [0, 0.1) is 12.7 Å². The summed E-state index contributed by atoms with van der Waals surface area (Å²) >= 11 is 0. The largest absolute Gasteiger partial charge is 0.573 e. The molecular formula is C33H31F11N8O. The molecule has 0 atom stereocenters. The molecule has 0 radical (unpaired) electrons. The molecule has 0 aliphatic rings. The molecule has 0 fully saturated rings. The van der Waals surface area contributed by atoms with Gasteiger partial charge >= 0.3 is 24.4 Å².